The molecule has 0 unspecified atom stereocenters. The van der Waals surface area contributed by atoms with Gasteiger partial charge in [0.15, 0.2) is 0 Å². The van der Waals surface area contributed by atoms with E-state index in [-0.39, 0.29) is 11.8 Å². The van der Waals surface area contributed by atoms with Crippen LogP contribution in [0.15, 0.2) is 0 Å². The fourth-order valence-electron chi connectivity index (χ4n) is 2.30. The molecule has 0 saturated heterocycles. The van der Waals surface area contributed by atoms with Crippen LogP contribution < -0.4 is 0 Å². The quantitative estimate of drug-likeness (QED) is 0.549. The lowest BCUT2D eigenvalue weighted by Gasteiger charge is -2.27. The summed E-state index contributed by atoms with van der Waals surface area (Å²) in [7, 11) is 3.63. The summed E-state index contributed by atoms with van der Waals surface area (Å²) < 4.78 is 0. The second-order valence-electron chi connectivity index (χ2n) is 5.92. The Kier molecular flexibility index (Phi) is 11.0. The summed E-state index contributed by atoms with van der Waals surface area (Å²) >= 11 is 0. The minimum absolute atomic E-state index is 0.00903. The summed E-state index contributed by atoms with van der Waals surface area (Å²) in [6, 6.07) is 0. The number of hydrogen-bond donors (Lipinski definition) is 0. The van der Waals surface area contributed by atoms with E-state index in [9.17, 15) is 9.59 Å². The molecule has 124 valence electrons. The second-order valence-corrected chi connectivity index (χ2v) is 5.92. The van der Waals surface area contributed by atoms with Crippen LogP contribution in [0.3, 0.4) is 0 Å². The lowest BCUT2D eigenvalue weighted by molar-refractivity contribution is -0.146. The van der Waals surface area contributed by atoms with E-state index < -0.39 is 5.92 Å². The first kappa shape index (κ1) is 19.9. The van der Waals surface area contributed by atoms with E-state index in [1.807, 2.05) is 14.1 Å². The predicted molar refractivity (Wildman–Crippen MR) is 88.1 cm³/mol. The van der Waals surface area contributed by atoms with Gasteiger partial charge in [0, 0.05) is 27.2 Å². The molecular weight excluding hydrogens is 264 g/mol. The summed E-state index contributed by atoms with van der Waals surface area (Å²) in [6.07, 6.45) is 6.69. The molecule has 0 bridgehead atoms. The molecule has 0 spiro atoms. The van der Waals surface area contributed by atoms with Gasteiger partial charge in [0.25, 0.3) is 0 Å². The van der Waals surface area contributed by atoms with Gasteiger partial charge < -0.3 is 9.80 Å². The Morgan fingerprint density at radius 2 is 1.14 bits per heavy atom. The molecule has 0 aliphatic carbocycles. The van der Waals surface area contributed by atoms with Crippen molar-refractivity contribution in [3.8, 4) is 0 Å². The van der Waals surface area contributed by atoms with Gasteiger partial charge in [-0.05, 0) is 19.3 Å². The Hall–Kier alpha value is -1.06. The first-order valence-electron chi connectivity index (χ1n) is 8.49. The molecule has 0 atom stereocenters. The Bertz CT molecular complexity index is 279. The highest BCUT2D eigenvalue weighted by Gasteiger charge is 2.30. The average molecular weight is 298 g/mol. The van der Waals surface area contributed by atoms with Crippen molar-refractivity contribution in [3.63, 3.8) is 0 Å². The van der Waals surface area contributed by atoms with Gasteiger partial charge in [-0.3, -0.25) is 9.59 Å². The van der Waals surface area contributed by atoms with Gasteiger partial charge in [-0.15, -0.1) is 0 Å². The molecule has 0 heterocycles. The number of nitrogens with zero attached hydrogens (tertiary/aromatic N) is 2. The van der Waals surface area contributed by atoms with Gasteiger partial charge in [0.05, 0.1) is 0 Å². The van der Waals surface area contributed by atoms with Gasteiger partial charge in [-0.1, -0.05) is 46.5 Å². The van der Waals surface area contributed by atoms with Gasteiger partial charge in [-0.2, -0.15) is 0 Å². The van der Waals surface area contributed by atoms with Gasteiger partial charge in [0.2, 0.25) is 11.8 Å². The molecule has 0 aliphatic rings. The summed E-state index contributed by atoms with van der Waals surface area (Å²) in [4.78, 5) is 28.6. The predicted octanol–water partition coefficient (Wildman–Crippen LogP) is 3.31. The van der Waals surface area contributed by atoms with Crippen molar-refractivity contribution in [2.75, 3.05) is 27.2 Å². The molecule has 2 amide bonds. The fraction of sp³-hybridized carbons (Fsp3) is 0.882. The van der Waals surface area contributed by atoms with E-state index in [0.717, 1.165) is 51.6 Å². The van der Waals surface area contributed by atoms with E-state index in [1.165, 1.54) is 0 Å². The molecule has 0 radical (unpaired) electrons. The minimum atomic E-state index is -0.492. The van der Waals surface area contributed by atoms with Gasteiger partial charge in [0.1, 0.15) is 5.92 Å². The molecule has 4 nitrogen and oxygen atoms in total. The third-order valence-electron chi connectivity index (χ3n) is 3.89. The smallest absolute Gasteiger partial charge is 0.234 e. The molecule has 0 aromatic heterocycles. The molecular formula is C17H34N2O2. The van der Waals surface area contributed by atoms with E-state index in [1.54, 1.807) is 9.80 Å². The van der Waals surface area contributed by atoms with Crippen LogP contribution in [0.5, 0.6) is 0 Å². The molecule has 4 heteroatoms. The van der Waals surface area contributed by atoms with Gasteiger partial charge in [-0.25, -0.2) is 0 Å². The maximum Gasteiger partial charge on any atom is 0.234 e. The standard InChI is InChI=1S/C17H34N2O2/c1-6-9-12-15(16(20)18(4)13-10-7-2)17(21)19(5)14-11-8-3/h15H,6-14H2,1-5H3. The SMILES string of the molecule is CCCCC(C(=O)N(C)CCCC)C(=O)N(C)CCCC. The van der Waals surface area contributed by atoms with E-state index >= 15 is 0 Å². The zero-order valence-corrected chi connectivity index (χ0v) is 14.7. The summed E-state index contributed by atoms with van der Waals surface area (Å²) in [6.45, 7) is 7.79. The van der Waals surface area contributed by atoms with Crippen LogP contribution in [0.2, 0.25) is 0 Å². The molecule has 0 fully saturated rings. The number of rotatable bonds is 11. The number of hydrogen-bond acceptors (Lipinski definition) is 2. The van der Waals surface area contributed by atoms with Crippen LogP contribution in [0.4, 0.5) is 0 Å². The normalized spacial score (nSPS) is 10.8. The van der Waals surface area contributed by atoms with Crippen LogP contribution in [-0.4, -0.2) is 48.8 Å². The monoisotopic (exact) mass is 298 g/mol. The maximum absolute atomic E-state index is 12.6. The zero-order valence-electron chi connectivity index (χ0n) is 14.7. The van der Waals surface area contributed by atoms with Crippen LogP contribution in [0, 0.1) is 5.92 Å². The molecule has 0 rings (SSSR count). The van der Waals surface area contributed by atoms with Crippen molar-refractivity contribution in [1.82, 2.24) is 9.80 Å². The van der Waals surface area contributed by atoms with Crippen LogP contribution in [0.1, 0.15) is 65.7 Å². The van der Waals surface area contributed by atoms with Crippen molar-refractivity contribution >= 4 is 11.8 Å². The lowest BCUT2D eigenvalue weighted by Crippen LogP contribution is -2.43. The maximum atomic E-state index is 12.6. The Morgan fingerprint density at radius 3 is 1.48 bits per heavy atom. The van der Waals surface area contributed by atoms with Crippen LogP contribution in [0.25, 0.3) is 0 Å². The highest BCUT2D eigenvalue weighted by atomic mass is 16.2. The first-order chi connectivity index (χ1) is 9.99. The third-order valence-corrected chi connectivity index (χ3v) is 3.89. The summed E-state index contributed by atoms with van der Waals surface area (Å²) in [5.41, 5.74) is 0. The topological polar surface area (TPSA) is 40.6 Å². The average Bonchev–Trinajstić information content (AvgIpc) is 2.49. The van der Waals surface area contributed by atoms with Crippen LogP contribution in [-0.2, 0) is 9.59 Å². The van der Waals surface area contributed by atoms with E-state index in [4.69, 9.17) is 0 Å². The van der Waals surface area contributed by atoms with Crippen molar-refractivity contribution in [3.05, 3.63) is 0 Å². The van der Waals surface area contributed by atoms with E-state index in [0.29, 0.717) is 6.42 Å². The van der Waals surface area contributed by atoms with Crippen molar-refractivity contribution < 1.29 is 9.59 Å². The summed E-state index contributed by atoms with van der Waals surface area (Å²) in [5, 5.41) is 0. The molecule has 21 heavy (non-hydrogen) atoms. The van der Waals surface area contributed by atoms with E-state index in [2.05, 4.69) is 20.8 Å². The number of unbranched alkanes of at least 4 members (excludes halogenated alkanes) is 3. The molecule has 0 aromatic rings. The molecule has 0 aliphatic heterocycles. The molecule has 0 N–H and O–H groups in total. The fourth-order valence-corrected chi connectivity index (χ4v) is 2.30. The summed E-state index contributed by atoms with van der Waals surface area (Å²) in [5.74, 6) is -0.510. The highest BCUT2D eigenvalue weighted by Crippen LogP contribution is 2.15. The van der Waals surface area contributed by atoms with Crippen molar-refractivity contribution in [2.45, 2.75) is 65.7 Å². The van der Waals surface area contributed by atoms with Crippen molar-refractivity contribution in [2.24, 2.45) is 5.92 Å². The van der Waals surface area contributed by atoms with Gasteiger partial charge >= 0.3 is 0 Å². The minimum Gasteiger partial charge on any atom is -0.345 e. The molecule has 0 saturated carbocycles. The van der Waals surface area contributed by atoms with Crippen LogP contribution >= 0.6 is 0 Å². The zero-order chi connectivity index (χ0) is 16.3. The number of carbonyl (C=O) groups is 2. The lowest BCUT2D eigenvalue weighted by atomic mass is 9.98. The Labute approximate surface area is 130 Å². The molecule has 0 aromatic carbocycles. The first-order valence-corrected chi connectivity index (χ1v) is 8.49. The Balaban J connectivity index is 4.75. The third kappa shape index (κ3) is 7.49. The number of carbonyl (C=O) groups excluding carboxylic acids is 2. The highest BCUT2D eigenvalue weighted by molar-refractivity contribution is 6.00. The second kappa shape index (κ2) is 11.6. The largest absolute Gasteiger partial charge is 0.345 e. The Morgan fingerprint density at radius 1 is 0.762 bits per heavy atom. The van der Waals surface area contributed by atoms with Crippen molar-refractivity contribution in [1.29, 1.82) is 0 Å². The number of amides is 2.